The Morgan fingerprint density at radius 2 is 1.86 bits per heavy atom. The Balaban J connectivity index is 2.05. The summed E-state index contributed by atoms with van der Waals surface area (Å²) in [6.07, 6.45) is 0. The molecular weight excluding hydrogens is 405 g/mol. The minimum absolute atomic E-state index is 0.154. The van der Waals surface area contributed by atoms with Gasteiger partial charge in [-0.3, -0.25) is 9.59 Å². The van der Waals surface area contributed by atoms with E-state index in [1.807, 2.05) is 0 Å². The number of methoxy groups -OCH3 is 1. The summed E-state index contributed by atoms with van der Waals surface area (Å²) >= 11 is 12.5. The molecule has 0 saturated heterocycles. The highest BCUT2D eigenvalue weighted by Gasteiger charge is 2.25. The van der Waals surface area contributed by atoms with E-state index in [1.165, 1.54) is 25.3 Å². The van der Waals surface area contributed by atoms with Gasteiger partial charge < -0.3 is 20.3 Å². The molecule has 2 amide bonds. The van der Waals surface area contributed by atoms with E-state index in [0.29, 0.717) is 21.4 Å². The zero-order chi connectivity index (χ0) is 20.4. The van der Waals surface area contributed by atoms with Crippen molar-refractivity contribution < 1.29 is 18.8 Å². The number of carbonyl (C=O) groups is 2. The number of nitrogens with one attached hydrogen (secondary N) is 1. The molecule has 0 aliphatic heterocycles. The van der Waals surface area contributed by atoms with Crippen molar-refractivity contribution in [3.05, 3.63) is 63.3 Å². The van der Waals surface area contributed by atoms with Gasteiger partial charge in [0.1, 0.15) is 22.8 Å². The van der Waals surface area contributed by atoms with Crippen LogP contribution >= 0.6 is 23.2 Å². The molecular formula is C19H15Cl2N3O4. The number of nitrogens with zero attached hydrogens (tertiary/aromatic N) is 1. The summed E-state index contributed by atoms with van der Waals surface area (Å²) in [4.78, 5) is 24.4. The number of ether oxygens (including phenoxy) is 1. The molecule has 2 aromatic carbocycles. The van der Waals surface area contributed by atoms with Gasteiger partial charge in [-0.05, 0) is 37.3 Å². The predicted molar refractivity (Wildman–Crippen MR) is 106 cm³/mol. The number of rotatable bonds is 5. The minimum Gasteiger partial charge on any atom is -0.495 e. The zero-order valence-electron chi connectivity index (χ0n) is 14.9. The standard InChI is InChI=1S/C19H15Cl2N3O4/c1-9-15(17(24-28-9)16-11(20)4-3-5-12(16)21)19(26)23-13-8-10(18(22)25)6-7-14(13)27-2/h3-8H,1-2H3,(H2,22,25)(H,23,26). The maximum atomic E-state index is 13.0. The number of anilines is 1. The van der Waals surface area contributed by atoms with Crippen LogP contribution in [0.5, 0.6) is 5.75 Å². The number of benzene rings is 2. The van der Waals surface area contributed by atoms with Crippen LogP contribution in [0.4, 0.5) is 5.69 Å². The second-order valence-corrected chi connectivity index (χ2v) is 6.61. The van der Waals surface area contributed by atoms with Crippen molar-refractivity contribution in [2.45, 2.75) is 6.92 Å². The lowest BCUT2D eigenvalue weighted by Gasteiger charge is -2.12. The van der Waals surface area contributed by atoms with Crippen molar-refractivity contribution in [2.24, 2.45) is 5.73 Å². The summed E-state index contributed by atoms with van der Waals surface area (Å²) in [5.74, 6) is -0.550. The molecule has 3 aromatic rings. The molecule has 0 atom stereocenters. The zero-order valence-corrected chi connectivity index (χ0v) is 16.4. The van der Waals surface area contributed by atoms with Gasteiger partial charge in [0, 0.05) is 11.1 Å². The third kappa shape index (κ3) is 3.67. The van der Waals surface area contributed by atoms with Crippen LogP contribution in [-0.4, -0.2) is 24.1 Å². The first kappa shape index (κ1) is 19.7. The second kappa shape index (κ2) is 7.92. The van der Waals surface area contributed by atoms with Crippen molar-refractivity contribution in [3.8, 4) is 17.0 Å². The average Bonchev–Trinajstić information content (AvgIpc) is 3.02. The smallest absolute Gasteiger partial charge is 0.261 e. The summed E-state index contributed by atoms with van der Waals surface area (Å²) in [7, 11) is 1.44. The van der Waals surface area contributed by atoms with Crippen LogP contribution in [0.3, 0.4) is 0 Å². The number of aromatic nitrogens is 1. The molecule has 0 bridgehead atoms. The summed E-state index contributed by atoms with van der Waals surface area (Å²) in [5, 5.41) is 7.28. The van der Waals surface area contributed by atoms with Gasteiger partial charge in [0.15, 0.2) is 0 Å². The lowest BCUT2D eigenvalue weighted by Crippen LogP contribution is -2.16. The van der Waals surface area contributed by atoms with Gasteiger partial charge in [-0.25, -0.2) is 0 Å². The first-order valence-corrected chi connectivity index (χ1v) is 8.79. The minimum atomic E-state index is -0.636. The molecule has 0 unspecified atom stereocenters. The lowest BCUT2D eigenvalue weighted by molar-refractivity contribution is 0.0995. The van der Waals surface area contributed by atoms with E-state index < -0.39 is 11.8 Å². The lowest BCUT2D eigenvalue weighted by atomic mass is 10.0. The van der Waals surface area contributed by atoms with E-state index in [9.17, 15) is 9.59 Å². The molecule has 3 N–H and O–H groups in total. The fraction of sp³-hybridized carbons (Fsp3) is 0.105. The summed E-state index contributed by atoms with van der Waals surface area (Å²) in [5.41, 5.74) is 6.53. The highest BCUT2D eigenvalue weighted by molar-refractivity contribution is 6.39. The van der Waals surface area contributed by atoms with Crippen LogP contribution in [0.1, 0.15) is 26.5 Å². The van der Waals surface area contributed by atoms with E-state index in [0.717, 1.165) is 0 Å². The Morgan fingerprint density at radius 1 is 1.18 bits per heavy atom. The molecule has 0 saturated carbocycles. The highest BCUT2D eigenvalue weighted by atomic mass is 35.5. The normalized spacial score (nSPS) is 10.6. The van der Waals surface area contributed by atoms with Crippen molar-refractivity contribution in [3.63, 3.8) is 0 Å². The number of carbonyl (C=O) groups excluding carboxylic acids is 2. The third-order valence-electron chi connectivity index (χ3n) is 4.02. The number of halogens is 2. The maximum Gasteiger partial charge on any atom is 0.261 e. The number of aryl methyl sites for hydroxylation is 1. The van der Waals surface area contributed by atoms with Gasteiger partial charge in [0.25, 0.3) is 5.91 Å². The van der Waals surface area contributed by atoms with Gasteiger partial charge in [0.2, 0.25) is 5.91 Å². The monoisotopic (exact) mass is 419 g/mol. The average molecular weight is 420 g/mol. The molecule has 28 heavy (non-hydrogen) atoms. The number of hydrogen-bond acceptors (Lipinski definition) is 5. The Hall–Kier alpha value is -3.03. The largest absolute Gasteiger partial charge is 0.495 e. The summed E-state index contributed by atoms with van der Waals surface area (Å²) < 4.78 is 10.4. The predicted octanol–water partition coefficient (Wildman–Crippen LogP) is 4.32. The van der Waals surface area contributed by atoms with E-state index in [1.54, 1.807) is 25.1 Å². The van der Waals surface area contributed by atoms with Gasteiger partial charge in [-0.15, -0.1) is 0 Å². The molecule has 1 heterocycles. The quantitative estimate of drug-likeness (QED) is 0.640. The maximum absolute atomic E-state index is 13.0. The van der Waals surface area contributed by atoms with Gasteiger partial charge >= 0.3 is 0 Å². The van der Waals surface area contributed by atoms with Crippen LogP contribution in [0.25, 0.3) is 11.3 Å². The van der Waals surface area contributed by atoms with Crippen LogP contribution in [0, 0.1) is 6.92 Å². The molecule has 0 spiro atoms. The Morgan fingerprint density at radius 3 is 2.46 bits per heavy atom. The Bertz CT molecular complexity index is 1060. The first-order chi connectivity index (χ1) is 13.3. The molecule has 0 aliphatic carbocycles. The second-order valence-electron chi connectivity index (χ2n) is 5.79. The van der Waals surface area contributed by atoms with Crippen molar-refractivity contribution in [1.82, 2.24) is 5.16 Å². The fourth-order valence-electron chi connectivity index (χ4n) is 2.68. The highest BCUT2D eigenvalue weighted by Crippen LogP contribution is 2.37. The number of nitrogens with two attached hydrogens (primary N) is 1. The van der Waals surface area contributed by atoms with Gasteiger partial charge in [0.05, 0.1) is 22.8 Å². The van der Waals surface area contributed by atoms with Crippen LogP contribution < -0.4 is 15.8 Å². The number of primary amides is 1. The van der Waals surface area contributed by atoms with Gasteiger partial charge in [-0.2, -0.15) is 0 Å². The summed E-state index contributed by atoms with van der Waals surface area (Å²) in [6, 6.07) is 9.39. The topological polar surface area (TPSA) is 107 Å². The van der Waals surface area contributed by atoms with E-state index >= 15 is 0 Å². The van der Waals surface area contributed by atoms with Crippen molar-refractivity contribution in [1.29, 1.82) is 0 Å². The van der Waals surface area contributed by atoms with Crippen molar-refractivity contribution >= 4 is 40.7 Å². The third-order valence-corrected chi connectivity index (χ3v) is 4.65. The molecule has 144 valence electrons. The molecule has 3 rings (SSSR count). The summed E-state index contributed by atoms with van der Waals surface area (Å²) in [6.45, 7) is 1.59. The number of amides is 2. The van der Waals surface area contributed by atoms with Gasteiger partial charge in [-0.1, -0.05) is 34.4 Å². The molecule has 0 radical (unpaired) electrons. The fourth-order valence-corrected chi connectivity index (χ4v) is 3.25. The van der Waals surface area contributed by atoms with E-state index in [2.05, 4.69) is 10.5 Å². The molecule has 9 heteroatoms. The Labute approximate surface area is 170 Å². The molecule has 7 nitrogen and oxygen atoms in total. The Kier molecular flexibility index (Phi) is 5.58. The molecule has 0 fully saturated rings. The SMILES string of the molecule is COc1ccc(C(N)=O)cc1NC(=O)c1c(-c2c(Cl)cccc2Cl)noc1C. The number of hydrogen-bond donors (Lipinski definition) is 2. The van der Waals surface area contributed by atoms with E-state index in [4.69, 9.17) is 38.2 Å². The first-order valence-electron chi connectivity index (χ1n) is 8.03. The van der Waals surface area contributed by atoms with Crippen molar-refractivity contribution in [2.75, 3.05) is 12.4 Å². The van der Waals surface area contributed by atoms with Crippen LogP contribution in [-0.2, 0) is 0 Å². The van der Waals surface area contributed by atoms with Crippen LogP contribution in [0.15, 0.2) is 40.9 Å². The van der Waals surface area contributed by atoms with E-state index in [-0.39, 0.29) is 28.3 Å². The molecule has 0 aliphatic rings. The molecule has 1 aromatic heterocycles. The van der Waals surface area contributed by atoms with Crippen LogP contribution in [0.2, 0.25) is 10.0 Å².